The van der Waals surface area contributed by atoms with Crippen molar-refractivity contribution in [2.45, 2.75) is 0 Å². The first-order valence-corrected chi connectivity index (χ1v) is 2.79. The lowest BCUT2D eigenvalue weighted by molar-refractivity contribution is 1.48. The molecule has 0 saturated heterocycles. The van der Waals surface area contributed by atoms with Crippen molar-refractivity contribution >= 4 is 16.6 Å². The first kappa shape index (κ1) is 2.31. The highest BCUT2D eigenvalue weighted by Crippen LogP contribution is 2.14. The van der Waals surface area contributed by atoms with Crippen molar-refractivity contribution in [3.8, 4) is 0 Å². The van der Waals surface area contributed by atoms with E-state index in [2.05, 4.69) is 4.98 Å². The summed E-state index contributed by atoms with van der Waals surface area (Å²) in [6, 6.07) is -0.770. The van der Waals surface area contributed by atoms with Gasteiger partial charge in [-0.3, -0.25) is 0 Å². The predicted molar refractivity (Wildman–Crippen MR) is 42.7 cm³/mol. The van der Waals surface area contributed by atoms with Crippen LogP contribution in [0.25, 0.3) is 10.9 Å². The number of nitrogens with two attached hydrogens (primary N) is 1. The molecule has 0 bridgehead atoms. The second-order valence-corrected chi connectivity index (χ2v) is 1.91. The van der Waals surface area contributed by atoms with Crippen LogP contribution in [0.1, 0.15) is 6.85 Å². The van der Waals surface area contributed by atoms with Crippen molar-refractivity contribution in [1.29, 1.82) is 0 Å². The summed E-state index contributed by atoms with van der Waals surface area (Å²) in [6.45, 7) is 0. The minimum atomic E-state index is -0.264. The third-order valence-electron chi connectivity index (χ3n) is 1.21. The van der Waals surface area contributed by atoms with Crippen LogP contribution >= 0.6 is 0 Å². The summed E-state index contributed by atoms with van der Waals surface area (Å²) in [7, 11) is 0. The third-order valence-corrected chi connectivity index (χ3v) is 1.21. The SMILES string of the molecule is [2H]c1[nH]c2c([2H])c(N)c([2H])c([2H])c2c1[2H]. The molecule has 0 spiro atoms. The van der Waals surface area contributed by atoms with Gasteiger partial charge in [0.1, 0.15) is 0 Å². The normalized spacial score (nSPS) is 17.4. The summed E-state index contributed by atoms with van der Waals surface area (Å²) in [5, 5.41) is 0.115. The molecule has 10 heavy (non-hydrogen) atoms. The van der Waals surface area contributed by atoms with Gasteiger partial charge in [0.15, 0.2) is 0 Å². The molecule has 0 aliphatic carbocycles. The molecule has 0 unspecified atom stereocenters. The predicted octanol–water partition coefficient (Wildman–Crippen LogP) is 1.75. The van der Waals surface area contributed by atoms with E-state index in [1.165, 1.54) is 0 Å². The van der Waals surface area contributed by atoms with Gasteiger partial charge < -0.3 is 10.7 Å². The summed E-state index contributed by atoms with van der Waals surface area (Å²) in [5.74, 6) is 0. The monoisotopic (exact) mass is 137 g/mol. The fraction of sp³-hybridized carbons (Fsp3) is 0. The Balaban J connectivity index is 3.07. The summed E-state index contributed by atoms with van der Waals surface area (Å²) in [6.07, 6.45) is -0.169. The molecule has 2 nitrogen and oxygen atoms in total. The van der Waals surface area contributed by atoms with E-state index < -0.39 is 0 Å². The van der Waals surface area contributed by atoms with E-state index in [4.69, 9.17) is 12.6 Å². The molecule has 0 radical (unpaired) electrons. The Morgan fingerprint density at radius 3 is 3.20 bits per heavy atom. The highest BCUT2D eigenvalue weighted by molar-refractivity contribution is 5.82. The third kappa shape index (κ3) is 0.658. The number of rotatable bonds is 0. The molecule has 50 valence electrons. The van der Waals surface area contributed by atoms with Gasteiger partial charge in [-0.05, 0) is 23.5 Å². The second-order valence-electron chi connectivity index (χ2n) is 1.91. The van der Waals surface area contributed by atoms with Crippen molar-refractivity contribution in [3.63, 3.8) is 0 Å². The molecule has 0 aliphatic rings. The van der Waals surface area contributed by atoms with Crippen LogP contribution in [0.2, 0.25) is 0 Å². The van der Waals surface area contributed by atoms with Crippen molar-refractivity contribution in [3.05, 3.63) is 30.3 Å². The van der Waals surface area contributed by atoms with Crippen LogP contribution in [0, 0.1) is 0 Å². The fourth-order valence-electron chi connectivity index (χ4n) is 0.765. The standard InChI is InChI=1S/C8H8N2/c9-7-2-1-6-3-4-10-8(6)5-7/h1-5,10H,9H2/i1D,2D,3D,4D,5D. The van der Waals surface area contributed by atoms with Gasteiger partial charge in [-0.1, -0.05) is 6.04 Å². The highest BCUT2D eigenvalue weighted by Gasteiger charge is 1.91. The number of aromatic amines is 1. The number of aromatic nitrogens is 1. The van der Waals surface area contributed by atoms with Gasteiger partial charge in [-0.15, -0.1) is 0 Å². The van der Waals surface area contributed by atoms with Crippen molar-refractivity contribution in [2.24, 2.45) is 0 Å². The average Bonchev–Trinajstić information content (AvgIpc) is 2.50. The molecular formula is C8H8N2. The van der Waals surface area contributed by atoms with E-state index in [-0.39, 0.29) is 46.9 Å². The summed E-state index contributed by atoms with van der Waals surface area (Å²) >= 11 is 0. The smallest absolute Gasteiger partial charge is 0.0816 e. The molecule has 1 heterocycles. The van der Waals surface area contributed by atoms with E-state index in [0.29, 0.717) is 0 Å². The van der Waals surface area contributed by atoms with Crippen LogP contribution in [0.4, 0.5) is 5.69 Å². The number of nitrogens with one attached hydrogen (secondary N) is 1. The number of nitrogen functional groups attached to an aromatic ring is 1. The number of H-pyrrole nitrogens is 1. The first-order chi connectivity index (χ1) is 6.95. The molecule has 0 aliphatic heterocycles. The maximum atomic E-state index is 7.61. The minimum Gasteiger partial charge on any atom is -0.399 e. The Labute approximate surface area is 65.7 Å². The van der Waals surface area contributed by atoms with Crippen molar-refractivity contribution in [2.75, 3.05) is 5.73 Å². The maximum absolute atomic E-state index is 7.61. The van der Waals surface area contributed by atoms with Crippen LogP contribution in [-0.4, -0.2) is 4.98 Å². The van der Waals surface area contributed by atoms with Crippen LogP contribution in [0.15, 0.2) is 30.3 Å². The molecule has 0 amide bonds. The Kier molecular flexibility index (Phi) is 0.408. The Morgan fingerprint density at radius 1 is 1.40 bits per heavy atom. The van der Waals surface area contributed by atoms with E-state index in [0.717, 1.165) is 0 Å². The second kappa shape index (κ2) is 1.77. The number of hydrogen-bond donors (Lipinski definition) is 2. The van der Waals surface area contributed by atoms with E-state index in [1.807, 2.05) is 0 Å². The zero-order valence-corrected chi connectivity index (χ0v) is 5.08. The van der Waals surface area contributed by atoms with E-state index in [9.17, 15) is 0 Å². The molecule has 2 aromatic rings. The summed E-state index contributed by atoms with van der Waals surface area (Å²) in [4.78, 5) is 2.51. The van der Waals surface area contributed by atoms with E-state index >= 15 is 0 Å². The Hall–Kier alpha value is -1.44. The number of hydrogen-bond acceptors (Lipinski definition) is 1. The van der Waals surface area contributed by atoms with Crippen LogP contribution in [0.5, 0.6) is 0 Å². The van der Waals surface area contributed by atoms with Gasteiger partial charge in [0.25, 0.3) is 0 Å². The molecule has 1 aromatic heterocycles. The summed E-state index contributed by atoms with van der Waals surface area (Å²) in [5.41, 5.74) is 5.55. The maximum Gasteiger partial charge on any atom is 0.0816 e. The molecule has 2 heteroatoms. The first-order valence-electron chi connectivity index (χ1n) is 5.29. The lowest BCUT2D eigenvalue weighted by Crippen LogP contribution is -1.81. The highest BCUT2D eigenvalue weighted by atomic mass is 14.7. The fourth-order valence-corrected chi connectivity index (χ4v) is 0.765. The molecule has 0 saturated carbocycles. The van der Waals surface area contributed by atoms with Crippen LogP contribution in [0.3, 0.4) is 0 Å². The number of anilines is 1. The molecule has 2 rings (SSSR count). The molecule has 0 fully saturated rings. The molecular weight excluding hydrogens is 124 g/mol. The molecule has 1 aromatic carbocycles. The van der Waals surface area contributed by atoms with Gasteiger partial charge in [-0.25, -0.2) is 0 Å². The number of fused-ring (bicyclic) bond motifs is 1. The molecule has 0 atom stereocenters. The van der Waals surface area contributed by atoms with Gasteiger partial charge in [0.05, 0.1) is 6.85 Å². The van der Waals surface area contributed by atoms with Crippen LogP contribution in [-0.2, 0) is 0 Å². The van der Waals surface area contributed by atoms with Gasteiger partial charge in [-0.2, -0.15) is 0 Å². The number of benzene rings is 1. The Morgan fingerprint density at radius 2 is 2.30 bits per heavy atom. The average molecular weight is 137 g/mol. The largest absolute Gasteiger partial charge is 0.399 e. The van der Waals surface area contributed by atoms with Gasteiger partial charge in [0, 0.05) is 17.4 Å². The summed E-state index contributed by atoms with van der Waals surface area (Å²) < 4.78 is 37.6. The zero-order chi connectivity index (χ0) is 11.3. The lowest BCUT2D eigenvalue weighted by Gasteiger charge is -1.90. The topological polar surface area (TPSA) is 41.8 Å². The lowest BCUT2D eigenvalue weighted by atomic mass is 10.2. The van der Waals surface area contributed by atoms with Gasteiger partial charge >= 0.3 is 0 Å². The van der Waals surface area contributed by atoms with Crippen molar-refractivity contribution < 1.29 is 6.85 Å². The molecule has 3 N–H and O–H groups in total. The zero-order valence-electron chi connectivity index (χ0n) is 10.1. The van der Waals surface area contributed by atoms with Gasteiger partial charge in [0.2, 0.25) is 0 Å². The minimum absolute atomic E-state index is 0.103. The quantitative estimate of drug-likeness (QED) is 0.534. The van der Waals surface area contributed by atoms with E-state index in [1.54, 1.807) is 0 Å². The van der Waals surface area contributed by atoms with Crippen LogP contribution < -0.4 is 5.73 Å². The Bertz CT molecular complexity index is 560. The van der Waals surface area contributed by atoms with Crippen molar-refractivity contribution in [1.82, 2.24) is 4.98 Å².